The van der Waals surface area contributed by atoms with Crippen molar-refractivity contribution in [2.24, 2.45) is 22.7 Å². The Hall–Kier alpha value is -0.840. The molecule has 196 valence electrons. The molecule has 0 aromatic carbocycles. The van der Waals surface area contributed by atoms with Crippen molar-refractivity contribution in [3.05, 3.63) is 23.8 Å². The lowest BCUT2D eigenvalue weighted by Crippen LogP contribution is -2.60. The molecule has 9 atom stereocenters. The van der Waals surface area contributed by atoms with Gasteiger partial charge in [0, 0.05) is 0 Å². The first kappa shape index (κ1) is 27.7. The number of rotatable bonds is 9. The second-order valence-electron chi connectivity index (χ2n) is 11.1. The van der Waals surface area contributed by atoms with Gasteiger partial charge in [0.2, 0.25) is 0 Å². The summed E-state index contributed by atoms with van der Waals surface area (Å²) in [7, 11) is 0. The van der Waals surface area contributed by atoms with Gasteiger partial charge < -0.3 is 40.1 Å². The lowest BCUT2D eigenvalue weighted by molar-refractivity contribution is -0.309. The fourth-order valence-corrected chi connectivity index (χ4v) is 6.97. The topological polar surface area (TPSA) is 140 Å². The highest BCUT2D eigenvalue weighted by Crippen LogP contribution is 2.62. The van der Waals surface area contributed by atoms with Crippen molar-refractivity contribution in [3.63, 3.8) is 0 Å². The first-order valence-electron chi connectivity index (χ1n) is 12.6. The molecule has 8 nitrogen and oxygen atoms in total. The van der Waals surface area contributed by atoms with Crippen molar-refractivity contribution in [1.29, 1.82) is 0 Å². The van der Waals surface area contributed by atoms with Gasteiger partial charge in [-0.25, -0.2) is 0 Å². The van der Waals surface area contributed by atoms with Crippen LogP contribution in [-0.4, -0.2) is 87.8 Å². The highest BCUT2D eigenvalue weighted by atomic mass is 16.7. The second-order valence-corrected chi connectivity index (χ2v) is 11.1. The Morgan fingerprint density at radius 2 is 1.85 bits per heavy atom. The fourth-order valence-electron chi connectivity index (χ4n) is 6.97. The predicted octanol–water partition coefficient (Wildman–Crippen LogP) is 1.27. The van der Waals surface area contributed by atoms with E-state index in [1.807, 2.05) is 0 Å². The Balaban J connectivity index is 1.73. The molecular formula is C26H44O8. The van der Waals surface area contributed by atoms with Crippen molar-refractivity contribution in [3.8, 4) is 0 Å². The fraction of sp³-hybridized carbons (Fsp3) is 0.846. The predicted molar refractivity (Wildman–Crippen MR) is 127 cm³/mol. The third kappa shape index (κ3) is 5.44. The maximum absolute atomic E-state index is 10.4. The van der Waals surface area contributed by atoms with Crippen LogP contribution in [0.25, 0.3) is 0 Å². The van der Waals surface area contributed by atoms with E-state index in [1.54, 1.807) is 6.08 Å². The van der Waals surface area contributed by atoms with Gasteiger partial charge in [0.1, 0.15) is 24.4 Å². The zero-order chi connectivity index (χ0) is 25.1. The van der Waals surface area contributed by atoms with Crippen molar-refractivity contribution < 1.29 is 40.1 Å². The molecule has 1 saturated heterocycles. The number of aliphatic hydroxyl groups excluding tert-OH is 6. The Bertz CT molecular complexity index is 724. The van der Waals surface area contributed by atoms with Crippen LogP contribution in [0.15, 0.2) is 23.8 Å². The van der Waals surface area contributed by atoms with Crippen LogP contribution in [0.1, 0.15) is 58.8 Å². The van der Waals surface area contributed by atoms with Crippen LogP contribution in [0.3, 0.4) is 0 Å². The third-order valence-electron chi connectivity index (χ3n) is 8.91. The Labute approximate surface area is 202 Å². The average Bonchev–Trinajstić information content (AvgIpc) is 2.80. The molecule has 1 aliphatic heterocycles. The van der Waals surface area contributed by atoms with Crippen molar-refractivity contribution in [2.75, 3.05) is 26.4 Å². The van der Waals surface area contributed by atoms with E-state index in [4.69, 9.17) is 9.47 Å². The summed E-state index contributed by atoms with van der Waals surface area (Å²) in [6.07, 6.45) is 1.94. The Morgan fingerprint density at radius 1 is 1.12 bits per heavy atom. The first-order valence-corrected chi connectivity index (χ1v) is 12.6. The summed E-state index contributed by atoms with van der Waals surface area (Å²) in [6.45, 7) is 8.69. The van der Waals surface area contributed by atoms with Gasteiger partial charge >= 0.3 is 0 Å². The maximum atomic E-state index is 10.4. The molecular weight excluding hydrogens is 440 g/mol. The van der Waals surface area contributed by atoms with E-state index in [2.05, 4.69) is 20.4 Å². The summed E-state index contributed by atoms with van der Waals surface area (Å²) in [5, 5.41) is 58.8. The summed E-state index contributed by atoms with van der Waals surface area (Å²) >= 11 is 0. The normalized spacial score (nSPS) is 43.6. The minimum absolute atomic E-state index is 0.0147. The van der Waals surface area contributed by atoms with Gasteiger partial charge in [-0.2, -0.15) is 0 Å². The van der Waals surface area contributed by atoms with E-state index in [0.29, 0.717) is 18.4 Å². The van der Waals surface area contributed by atoms with E-state index in [0.717, 1.165) is 50.5 Å². The molecule has 3 aliphatic rings. The molecule has 1 heterocycles. The molecule has 34 heavy (non-hydrogen) atoms. The van der Waals surface area contributed by atoms with Crippen LogP contribution in [0, 0.1) is 22.7 Å². The van der Waals surface area contributed by atoms with E-state index in [1.165, 1.54) is 5.57 Å². The van der Waals surface area contributed by atoms with Gasteiger partial charge in [0.05, 0.1) is 26.4 Å². The number of hydrogen-bond donors (Lipinski definition) is 6. The lowest BCUT2D eigenvalue weighted by Gasteiger charge is -2.59. The minimum atomic E-state index is -1.45. The summed E-state index contributed by atoms with van der Waals surface area (Å²) in [5.74, 6) is 0.653. The smallest absolute Gasteiger partial charge is 0.186 e. The van der Waals surface area contributed by atoms with Gasteiger partial charge in [0.15, 0.2) is 6.29 Å². The summed E-state index contributed by atoms with van der Waals surface area (Å²) in [6, 6.07) is 0. The van der Waals surface area contributed by atoms with E-state index >= 15 is 0 Å². The zero-order valence-corrected chi connectivity index (χ0v) is 20.6. The van der Waals surface area contributed by atoms with Gasteiger partial charge in [0.25, 0.3) is 0 Å². The molecule has 0 aromatic heterocycles. The van der Waals surface area contributed by atoms with Crippen LogP contribution in [0.2, 0.25) is 0 Å². The Morgan fingerprint density at radius 3 is 2.50 bits per heavy atom. The highest BCUT2D eigenvalue weighted by Gasteiger charge is 2.55. The van der Waals surface area contributed by atoms with Crippen molar-refractivity contribution >= 4 is 0 Å². The van der Waals surface area contributed by atoms with Gasteiger partial charge in [-0.15, -0.1) is 0 Å². The quantitative estimate of drug-likeness (QED) is 0.269. The van der Waals surface area contributed by atoms with E-state index in [9.17, 15) is 30.6 Å². The lowest BCUT2D eigenvalue weighted by atomic mass is 9.47. The third-order valence-corrected chi connectivity index (χ3v) is 8.91. The number of fused-ring (bicyclic) bond motifs is 1. The number of ether oxygens (including phenoxy) is 2. The molecule has 8 heteroatoms. The molecule has 0 spiro atoms. The molecule has 6 N–H and O–H groups in total. The Kier molecular flexibility index (Phi) is 9.36. The number of hydrogen-bond acceptors (Lipinski definition) is 8. The van der Waals surface area contributed by atoms with E-state index in [-0.39, 0.29) is 24.0 Å². The highest BCUT2D eigenvalue weighted by molar-refractivity contribution is 5.17. The molecule has 0 amide bonds. The summed E-state index contributed by atoms with van der Waals surface area (Å²) in [5.41, 5.74) is 1.94. The summed E-state index contributed by atoms with van der Waals surface area (Å²) in [4.78, 5) is 0. The SMILES string of the molecule is C=C1CC[C@@H]2[C@](C)(CO[C@H]3O[C@@H](CO)[C@@H](O)[C@@H](O)[C@H]3O)CCC[C@@]2(C)[C@H]1CC/C(=C\CO)CO. The van der Waals surface area contributed by atoms with Crippen LogP contribution in [-0.2, 0) is 9.47 Å². The minimum Gasteiger partial charge on any atom is -0.394 e. The standard InChI is InChI=1S/C26H44O8/c1-16-5-8-20-25(2,15-33-24-23(32)22(31)21(30)19(14-29)34-24)10-4-11-26(20,3)18(16)7-6-17(13-28)9-12-27/h9,18-24,27-32H,1,4-8,10-15H2,2-3H3/b17-9+/t18-,19-,20+,21+,22+,23+,24-,25-,26-/m0/s1. The molecule has 2 aliphatic carbocycles. The molecule has 2 saturated carbocycles. The largest absolute Gasteiger partial charge is 0.394 e. The van der Waals surface area contributed by atoms with Crippen LogP contribution in [0.5, 0.6) is 0 Å². The van der Waals surface area contributed by atoms with Crippen LogP contribution < -0.4 is 0 Å². The van der Waals surface area contributed by atoms with Crippen LogP contribution in [0.4, 0.5) is 0 Å². The monoisotopic (exact) mass is 484 g/mol. The van der Waals surface area contributed by atoms with Gasteiger partial charge in [-0.3, -0.25) is 0 Å². The number of allylic oxidation sites excluding steroid dienone is 1. The molecule has 0 unspecified atom stereocenters. The molecule has 0 aromatic rings. The van der Waals surface area contributed by atoms with Crippen LogP contribution >= 0.6 is 0 Å². The zero-order valence-electron chi connectivity index (χ0n) is 20.6. The summed E-state index contributed by atoms with van der Waals surface area (Å²) < 4.78 is 11.6. The maximum Gasteiger partial charge on any atom is 0.186 e. The van der Waals surface area contributed by atoms with Crippen molar-refractivity contribution in [2.45, 2.75) is 89.5 Å². The number of aliphatic hydroxyl groups is 6. The average molecular weight is 485 g/mol. The first-order chi connectivity index (χ1) is 16.1. The van der Waals surface area contributed by atoms with Gasteiger partial charge in [-0.1, -0.05) is 38.5 Å². The van der Waals surface area contributed by atoms with Crippen molar-refractivity contribution in [1.82, 2.24) is 0 Å². The second kappa shape index (κ2) is 11.5. The molecule has 3 fully saturated rings. The van der Waals surface area contributed by atoms with Gasteiger partial charge in [-0.05, 0) is 66.8 Å². The molecule has 0 radical (unpaired) electrons. The molecule has 3 rings (SSSR count). The van der Waals surface area contributed by atoms with E-state index < -0.39 is 37.3 Å². The molecule has 0 bridgehead atoms.